The highest BCUT2D eigenvalue weighted by atomic mass is 32.1. The Bertz CT molecular complexity index is 648. The van der Waals surface area contributed by atoms with Crippen molar-refractivity contribution in [2.24, 2.45) is 5.92 Å². The van der Waals surface area contributed by atoms with Gasteiger partial charge in [0, 0.05) is 16.5 Å². The van der Waals surface area contributed by atoms with Crippen molar-refractivity contribution in [1.82, 2.24) is 4.98 Å². The third-order valence-corrected chi connectivity index (χ3v) is 4.81. The van der Waals surface area contributed by atoms with E-state index in [1.165, 1.54) is 16.1 Å². The molecule has 1 aromatic heterocycles. The van der Waals surface area contributed by atoms with Crippen LogP contribution in [0.3, 0.4) is 0 Å². The first-order valence-corrected chi connectivity index (χ1v) is 7.81. The van der Waals surface area contributed by atoms with Gasteiger partial charge in [0.05, 0.1) is 11.2 Å². The monoisotopic (exact) mass is 286 g/mol. The molecule has 1 unspecified atom stereocenters. The summed E-state index contributed by atoms with van der Waals surface area (Å²) >= 11 is 1.67. The zero-order valence-corrected chi connectivity index (χ0v) is 12.6. The van der Waals surface area contributed by atoms with Crippen LogP contribution < -0.4 is 5.32 Å². The minimum atomic E-state index is 0.0721. The van der Waals surface area contributed by atoms with E-state index in [1.807, 2.05) is 31.5 Å². The highest BCUT2D eigenvalue weighted by Crippen LogP contribution is 2.29. The van der Waals surface area contributed by atoms with E-state index in [9.17, 15) is 4.79 Å². The van der Waals surface area contributed by atoms with Crippen LogP contribution in [-0.2, 0) is 17.6 Å². The Balaban J connectivity index is 1.73. The van der Waals surface area contributed by atoms with Crippen LogP contribution in [0.4, 0.5) is 5.69 Å². The maximum Gasteiger partial charge on any atom is 0.227 e. The van der Waals surface area contributed by atoms with Gasteiger partial charge in [0.1, 0.15) is 0 Å². The zero-order chi connectivity index (χ0) is 14.1. The quantitative estimate of drug-likeness (QED) is 0.918. The number of hydrogen-bond acceptors (Lipinski definition) is 3. The maximum atomic E-state index is 12.4. The normalized spacial score (nSPS) is 17.6. The van der Waals surface area contributed by atoms with Crippen molar-refractivity contribution in [2.75, 3.05) is 5.32 Å². The molecular weight excluding hydrogens is 268 g/mol. The smallest absolute Gasteiger partial charge is 0.227 e. The molecule has 0 bridgehead atoms. The summed E-state index contributed by atoms with van der Waals surface area (Å²) in [5, 5.41) is 3.09. The largest absolute Gasteiger partial charge is 0.326 e. The third-order valence-electron chi connectivity index (χ3n) is 3.91. The second-order valence-corrected chi connectivity index (χ2v) is 6.41. The number of rotatable bonds is 2. The van der Waals surface area contributed by atoms with Crippen LogP contribution in [0.1, 0.15) is 28.1 Å². The maximum absolute atomic E-state index is 12.4. The van der Waals surface area contributed by atoms with Crippen molar-refractivity contribution >= 4 is 22.9 Å². The number of fused-ring (bicyclic) bond motifs is 1. The molecule has 0 fully saturated rings. The summed E-state index contributed by atoms with van der Waals surface area (Å²) in [6.45, 7) is 4.07. The molecule has 3 rings (SSSR count). The second kappa shape index (κ2) is 5.37. The van der Waals surface area contributed by atoms with E-state index in [0.29, 0.717) is 0 Å². The number of carbonyl (C=O) groups excluding carboxylic acids is 1. The molecular formula is C16H18N2OS. The van der Waals surface area contributed by atoms with Crippen LogP contribution in [0, 0.1) is 19.8 Å². The number of thiazole rings is 1. The van der Waals surface area contributed by atoms with E-state index in [0.717, 1.165) is 30.5 Å². The fourth-order valence-electron chi connectivity index (χ4n) is 2.63. The van der Waals surface area contributed by atoms with Crippen molar-refractivity contribution in [3.63, 3.8) is 0 Å². The summed E-state index contributed by atoms with van der Waals surface area (Å²) < 4.78 is 0. The molecule has 1 aliphatic carbocycles. The highest BCUT2D eigenvalue weighted by Gasteiger charge is 2.26. The fraction of sp³-hybridized carbons (Fsp3) is 0.375. The standard InChI is InChI=1S/C16H18N2OS/c1-10-3-4-11(2)14(7-10)18-16(19)12-5-6-13-15(8-12)20-9-17-13/h3-4,7,9,12H,5-6,8H2,1-2H3,(H,18,19). The van der Waals surface area contributed by atoms with Crippen LogP contribution in [0.15, 0.2) is 23.7 Å². The minimum absolute atomic E-state index is 0.0721. The first-order chi connectivity index (χ1) is 9.63. The summed E-state index contributed by atoms with van der Waals surface area (Å²) in [6, 6.07) is 6.15. The molecule has 4 heteroatoms. The molecule has 0 radical (unpaired) electrons. The molecule has 0 spiro atoms. The molecule has 1 aromatic carbocycles. The van der Waals surface area contributed by atoms with Gasteiger partial charge in [-0.15, -0.1) is 11.3 Å². The molecule has 1 aliphatic rings. The van der Waals surface area contributed by atoms with Crippen LogP contribution in [0.5, 0.6) is 0 Å². The number of aryl methyl sites for hydroxylation is 3. The predicted molar refractivity (Wildman–Crippen MR) is 82.2 cm³/mol. The van der Waals surface area contributed by atoms with Crippen molar-refractivity contribution in [1.29, 1.82) is 0 Å². The van der Waals surface area contributed by atoms with Gasteiger partial charge in [0.2, 0.25) is 5.91 Å². The Morgan fingerprint density at radius 3 is 3.10 bits per heavy atom. The van der Waals surface area contributed by atoms with E-state index in [4.69, 9.17) is 0 Å². The molecule has 0 saturated heterocycles. The molecule has 3 nitrogen and oxygen atoms in total. The number of carbonyl (C=O) groups is 1. The molecule has 0 aliphatic heterocycles. The van der Waals surface area contributed by atoms with Gasteiger partial charge in [0.25, 0.3) is 0 Å². The van der Waals surface area contributed by atoms with Crippen LogP contribution in [-0.4, -0.2) is 10.9 Å². The summed E-state index contributed by atoms with van der Waals surface area (Å²) in [6.07, 6.45) is 2.65. The number of nitrogens with zero attached hydrogens (tertiary/aromatic N) is 1. The zero-order valence-electron chi connectivity index (χ0n) is 11.8. The van der Waals surface area contributed by atoms with Gasteiger partial charge in [0.15, 0.2) is 0 Å². The van der Waals surface area contributed by atoms with Gasteiger partial charge in [-0.1, -0.05) is 12.1 Å². The molecule has 1 heterocycles. The van der Waals surface area contributed by atoms with Gasteiger partial charge in [-0.2, -0.15) is 0 Å². The Labute approximate surface area is 123 Å². The first-order valence-electron chi connectivity index (χ1n) is 6.93. The Morgan fingerprint density at radius 1 is 1.40 bits per heavy atom. The number of aromatic nitrogens is 1. The minimum Gasteiger partial charge on any atom is -0.326 e. The van der Waals surface area contributed by atoms with Gasteiger partial charge in [-0.05, 0) is 50.3 Å². The fourth-order valence-corrected chi connectivity index (χ4v) is 3.52. The molecule has 1 N–H and O–H groups in total. The number of hydrogen-bond donors (Lipinski definition) is 1. The van der Waals surface area contributed by atoms with Crippen molar-refractivity contribution in [3.05, 3.63) is 45.4 Å². The Kier molecular flexibility index (Phi) is 3.57. The molecule has 104 valence electrons. The summed E-state index contributed by atoms with van der Waals surface area (Å²) in [5.74, 6) is 0.209. The van der Waals surface area contributed by atoms with Gasteiger partial charge in [-0.25, -0.2) is 4.98 Å². The van der Waals surface area contributed by atoms with Crippen molar-refractivity contribution in [3.8, 4) is 0 Å². The van der Waals surface area contributed by atoms with E-state index >= 15 is 0 Å². The average molecular weight is 286 g/mol. The lowest BCUT2D eigenvalue weighted by Crippen LogP contribution is -2.28. The lowest BCUT2D eigenvalue weighted by molar-refractivity contribution is -0.120. The molecule has 1 atom stereocenters. The topological polar surface area (TPSA) is 42.0 Å². The van der Waals surface area contributed by atoms with Gasteiger partial charge < -0.3 is 5.32 Å². The number of benzene rings is 1. The van der Waals surface area contributed by atoms with Crippen LogP contribution >= 0.6 is 11.3 Å². The van der Waals surface area contributed by atoms with E-state index in [1.54, 1.807) is 11.3 Å². The summed E-state index contributed by atoms with van der Waals surface area (Å²) in [7, 11) is 0. The SMILES string of the molecule is Cc1ccc(C)c(NC(=O)C2CCc3ncsc3C2)c1. The lowest BCUT2D eigenvalue weighted by Gasteiger charge is -2.21. The summed E-state index contributed by atoms with van der Waals surface area (Å²) in [5.41, 5.74) is 6.28. The van der Waals surface area contributed by atoms with Crippen LogP contribution in [0.2, 0.25) is 0 Å². The first kappa shape index (κ1) is 13.3. The lowest BCUT2D eigenvalue weighted by atomic mass is 9.90. The van der Waals surface area contributed by atoms with Gasteiger partial charge in [-0.3, -0.25) is 4.79 Å². The Morgan fingerprint density at radius 2 is 2.25 bits per heavy atom. The molecule has 1 amide bonds. The third kappa shape index (κ3) is 2.61. The number of nitrogens with one attached hydrogen (secondary N) is 1. The average Bonchev–Trinajstić information content (AvgIpc) is 2.90. The van der Waals surface area contributed by atoms with E-state index in [2.05, 4.69) is 16.4 Å². The van der Waals surface area contributed by atoms with Crippen LogP contribution in [0.25, 0.3) is 0 Å². The molecule has 20 heavy (non-hydrogen) atoms. The highest BCUT2D eigenvalue weighted by molar-refractivity contribution is 7.09. The van der Waals surface area contributed by atoms with Crippen molar-refractivity contribution < 1.29 is 4.79 Å². The summed E-state index contributed by atoms with van der Waals surface area (Å²) in [4.78, 5) is 18.1. The molecule has 2 aromatic rings. The number of amides is 1. The second-order valence-electron chi connectivity index (χ2n) is 5.47. The Hall–Kier alpha value is -1.68. The van der Waals surface area contributed by atoms with Gasteiger partial charge >= 0.3 is 0 Å². The predicted octanol–water partition coefficient (Wildman–Crippen LogP) is 3.50. The molecule has 0 saturated carbocycles. The van der Waals surface area contributed by atoms with E-state index in [-0.39, 0.29) is 11.8 Å². The van der Waals surface area contributed by atoms with Crippen molar-refractivity contribution in [2.45, 2.75) is 33.1 Å². The van der Waals surface area contributed by atoms with E-state index < -0.39 is 0 Å². The number of anilines is 1.